The summed E-state index contributed by atoms with van der Waals surface area (Å²) in [6, 6.07) is 9.26. The second kappa shape index (κ2) is 8.39. The van der Waals surface area contributed by atoms with Crippen molar-refractivity contribution < 1.29 is 4.79 Å². The summed E-state index contributed by atoms with van der Waals surface area (Å²) in [7, 11) is 0. The molecule has 0 aromatic carbocycles. The zero-order chi connectivity index (χ0) is 19.2. The summed E-state index contributed by atoms with van der Waals surface area (Å²) in [6.07, 6.45) is 13.6. The molecule has 1 unspecified atom stereocenters. The van der Waals surface area contributed by atoms with Gasteiger partial charge in [-0.05, 0) is 42.7 Å². The van der Waals surface area contributed by atoms with Crippen LogP contribution in [0.3, 0.4) is 0 Å². The van der Waals surface area contributed by atoms with Crippen LogP contribution in [0.2, 0.25) is 0 Å². The van der Waals surface area contributed by atoms with Crippen molar-refractivity contribution in [2.75, 3.05) is 11.9 Å². The van der Waals surface area contributed by atoms with E-state index in [1.807, 2.05) is 35.2 Å². The number of aromatic nitrogens is 4. The zero-order valence-corrected chi connectivity index (χ0v) is 15.3. The van der Waals surface area contributed by atoms with Gasteiger partial charge in [-0.15, -0.1) is 0 Å². The van der Waals surface area contributed by atoms with Gasteiger partial charge in [-0.2, -0.15) is 0 Å². The molecule has 0 saturated carbocycles. The van der Waals surface area contributed by atoms with Crippen molar-refractivity contribution in [1.82, 2.24) is 24.8 Å². The minimum Gasteiger partial charge on any atom is -0.330 e. The molecule has 1 fully saturated rings. The smallest absolute Gasteiger partial charge is 0.247 e. The molecule has 4 rings (SSSR count). The number of likely N-dealkylation sites (tertiary alicyclic amines) is 1. The van der Waals surface area contributed by atoms with Gasteiger partial charge in [0, 0.05) is 43.6 Å². The maximum atomic E-state index is 12.8. The van der Waals surface area contributed by atoms with Crippen LogP contribution in [0.4, 0.5) is 11.6 Å². The van der Waals surface area contributed by atoms with Gasteiger partial charge >= 0.3 is 0 Å². The highest BCUT2D eigenvalue weighted by atomic mass is 16.2. The van der Waals surface area contributed by atoms with E-state index in [2.05, 4.69) is 25.3 Å². The maximum absolute atomic E-state index is 12.8. The lowest BCUT2D eigenvalue weighted by molar-refractivity contribution is -0.126. The molecule has 1 atom stereocenters. The molecule has 28 heavy (non-hydrogen) atoms. The van der Waals surface area contributed by atoms with E-state index >= 15 is 0 Å². The third-order valence-electron chi connectivity index (χ3n) is 4.59. The molecule has 1 N–H and O–H groups in total. The number of anilines is 2. The van der Waals surface area contributed by atoms with E-state index < -0.39 is 0 Å². The Labute approximate surface area is 163 Å². The Balaban J connectivity index is 1.55. The molecule has 7 nitrogen and oxygen atoms in total. The summed E-state index contributed by atoms with van der Waals surface area (Å²) in [5, 5.41) is 3.22. The van der Waals surface area contributed by atoms with Crippen molar-refractivity contribution in [3.8, 4) is 0 Å². The van der Waals surface area contributed by atoms with Crippen LogP contribution in [-0.2, 0) is 4.79 Å². The van der Waals surface area contributed by atoms with Gasteiger partial charge in [0.2, 0.25) is 5.91 Å². The third-order valence-corrected chi connectivity index (χ3v) is 4.59. The molecule has 0 aliphatic carbocycles. The topological polar surface area (TPSA) is 83.9 Å². The van der Waals surface area contributed by atoms with Crippen LogP contribution < -0.4 is 5.32 Å². The first-order valence-electron chi connectivity index (χ1n) is 9.19. The first-order valence-corrected chi connectivity index (χ1v) is 9.19. The Bertz CT molecular complexity index is 961. The lowest BCUT2D eigenvalue weighted by Crippen LogP contribution is -2.30. The monoisotopic (exact) mass is 372 g/mol. The molecule has 1 amide bonds. The largest absolute Gasteiger partial charge is 0.330 e. The Morgan fingerprint density at radius 3 is 2.82 bits per heavy atom. The van der Waals surface area contributed by atoms with Gasteiger partial charge in [0.05, 0.1) is 6.04 Å². The molecule has 0 bridgehead atoms. The molecule has 0 spiro atoms. The Hall–Kier alpha value is -3.61. The van der Waals surface area contributed by atoms with E-state index in [0.717, 1.165) is 24.1 Å². The van der Waals surface area contributed by atoms with Crippen molar-refractivity contribution >= 4 is 23.6 Å². The van der Waals surface area contributed by atoms with E-state index in [1.165, 1.54) is 0 Å². The fraction of sp³-hybridized carbons (Fsp3) is 0.190. The van der Waals surface area contributed by atoms with Crippen LogP contribution in [0.5, 0.6) is 0 Å². The van der Waals surface area contributed by atoms with E-state index in [0.29, 0.717) is 18.2 Å². The summed E-state index contributed by atoms with van der Waals surface area (Å²) in [4.78, 5) is 32.0. The fourth-order valence-corrected chi connectivity index (χ4v) is 3.30. The van der Waals surface area contributed by atoms with Gasteiger partial charge < -0.3 is 10.2 Å². The normalized spacial score (nSPS) is 16.4. The standard InChI is InChI=1S/C21H20N6O/c28-19(9-8-16-5-3-10-22-15-16)27-14-4-6-17(27)20-21(25-13-12-24-20)26-18-7-1-2-11-23-18/h1-3,5,7-13,15,17H,4,6,14H2,(H,23,25,26)/b9-8+. The molecule has 1 aliphatic rings. The van der Waals surface area contributed by atoms with Crippen LogP contribution in [0.25, 0.3) is 6.08 Å². The second-order valence-electron chi connectivity index (χ2n) is 6.44. The van der Waals surface area contributed by atoms with E-state index in [4.69, 9.17) is 0 Å². The number of nitrogens with zero attached hydrogens (tertiary/aromatic N) is 5. The van der Waals surface area contributed by atoms with Crippen molar-refractivity contribution in [1.29, 1.82) is 0 Å². The molecular formula is C21H20N6O. The van der Waals surface area contributed by atoms with Crippen LogP contribution in [0.15, 0.2) is 67.4 Å². The highest BCUT2D eigenvalue weighted by Crippen LogP contribution is 2.34. The lowest BCUT2D eigenvalue weighted by atomic mass is 10.1. The van der Waals surface area contributed by atoms with Crippen LogP contribution in [0.1, 0.15) is 30.1 Å². The zero-order valence-electron chi connectivity index (χ0n) is 15.3. The summed E-state index contributed by atoms with van der Waals surface area (Å²) in [5.41, 5.74) is 1.65. The third kappa shape index (κ3) is 4.03. The second-order valence-corrected chi connectivity index (χ2v) is 6.44. The summed E-state index contributed by atoms with van der Waals surface area (Å²) in [6.45, 7) is 0.695. The molecule has 7 heteroatoms. The first kappa shape index (κ1) is 17.8. The quantitative estimate of drug-likeness (QED) is 0.691. The Morgan fingerprint density at radius 2 is 2.00 bits per heavy atom. The minimum atomic E-state index is -0.119. The molecular weight excluding hydrogens is 352 g/mol. The maximum Gasteiger partial charge on any atom is 0.247 e. The molecule has 1 aliphatic heterocycles. The van der Waals surface area contributed by atoms with Gasteiger partial charge in [0.15, 0.2) is 5.82 Å². The molecule has 3 aromatic heterocycles. The van der Waals surface area contributed by atoms with Crippen LogP contribution in [-0.4, -0.2) is 37.3 Å². The number of hydrogen-bond acceptors (Lipinski definition) is 6. The number of pyridine rings is 2. The van der Waals surface area contributed by atoms with Gasteiger partial charge in [0.1, 0.15) is 11.5 Å². The number of rotatable bonds is 5. The van der Waals surface area contributed by atoms with E-state index in [9.17, 15) is 4.79 Å². The molecule has 0 radical (unpaired) electrons. The molecule has 1 saturated heterocycles. The molecule has 4 heterocycles. The average Bonchev–Trinajstić information content (AvgIpc) is 3.24. The van der Waals surface area contributed by atoms with Crippen molar-refractivity contribution in [3.63, 3.8) is 0 Å². The van der Waals surface area contributed by atoms with Crippen molar-refractivity contribution in [2.45, 2.75) is 18.9 Å². The number of amides is 1. The summed E-state index contributed by atoms with van der Waals surface area (Å²) in [5.74, 6) is 1.28. The summed E-state index contributed by atoms with van der Waals surface area (Å²) < 4.78 is 0. The number of hydrogen-bond donors (Lipinski definition) is 1. The highest BCUT2D eigenvalue weighted by molar-refractivity contribution is 5.92. The average molecular weight is 372 g/mol. The van der Waals surface area contributed by atoms with Crippen LogP contribution >= 0.6 is 0 Å². The lowest BCUT2D eigenvalue weighted by Gasteiger charge is -2.24. The number of carbonyl (C=O) groups excluding carboxylic acids is 1. The Morgan fingerprint density at radius 1 is 1.07 bits per heavy atom. The minimum absolute atomic E-state index is 0.0409. The van der Waals surface area contributed by atoms with Crippen molar-refractivity contribution in [3.05, 3.63) is 78.6 Å². The molecule has 140 valence electrons. The first-order chi connectivity index (χ1) is 13.8. The molecule has 3 aromatic rings. The van der Waals surface area contributed by atoms with E-state index in [-0.39, 0.29) is 11.9 Å². The number of nitrogens with one attached hydrogen (secondary N) is 1. The predicted octanol–water partition coefficient (Wildman–Crippen LogP) is 3.39. The van der Waals surface area contributed by atoms with E-state index in [1.54, 1.807) is 43.1 Å². The predicted molar refractivity (Wildman–Crippen MR) is 107 cm³/mol. The highest BCUT2D eigenvalue weighted by Gasteiger charge is 2.32. The van der Waals surface area contributed by atoms with Crippen molar-refractivity contribution in [2.24, 2.45) is 0 Å². The fourth-order valence-electron chi connectivity index (χ4n) is 3.30. The van der Waals surface area contributed by atoms with Gasteiger partial charge in [-0.1, -0.05) is 12.1 Å². The van der Waals surface area contributed by atoms with Crippen LogP contribution in [0, 0.1) is 0 Å². The van der Waals surface area contributed by atoms with Gasteiger partial charge in [-0.3, -0.25) is 14.8 Å². The van der Waals surface area contributed by atoms with Gasteiger partial charge in [-0.25, -0.2) is 9.97 Å². The summed E-state index contributed by atoms with van der Waals surface area (Å²) >= 11 is 0. The number of carbonyl (C=O) groups is 1. The van der Waals surface area contributed by atoms with Gasteiger partial charge in [0.25, 0.3) is 0 Å². The Kier molecular flexibility index (Phi) is 5.33. The SMILES string of the molecule is O=C(/C=C/c1cccnc1)N1CCCC1c1nccnc1Nc1ccccn1.